The lowest BCUT2D eigenvalue weighted by atomic mass is 10.2. The number of nitrogens with one attached hydrogen (secondary N) is 2. The van der Waals surface area contributed by atoms with Gasteiger partial charge in [-0.05, 0) is 32.5 Å². The molecule has 0 amide bonds. The SMILES string of the molecule is CNP(C)(=O)OCCCNS(=O)(=O)c1ccc(C)cc1. The summed E-state index contributed by atoms with van der Waals surface area (Å²) in [5.74, 6) is 0. The minimum Gasteiger partial charge on any atom is -0.318 e. The van der Waals surface area contributed by atoms with Crippen LogP contribution in [-0.2, 0) is 19.1 Å². The molecule has 0 aliphatic heterocycles. The number of sulfonamides is 1. The van der Waals surface area contributed by atoms with Crippen molar-refractivity contribution < 1.29 is 17.5 Å². The summed E-state index contributed by atoms with van der Waals surface area (Å²) < 4.78 is 43.0. The molecule has 0 saturated carbocycles. The average molecular weight is 320 g/mol. The fourth-order valence-electron chi connectivity index (χ4n) is 1.38. The maximum atomic E-state index is 11.9. The Labute approximate surface area is 120 Å². The van der Waals surface area contributed by atoms with Crippen LogP contribution < -0.4 is 9.81 Å². The summed E-state index contributed by atoms with van der Waals surface area (Å²) in [5.41, 5.74) is 1.00. The Morgan fingerprint density at radius 3 is 2.40 bits per heavy atom. The molecular weight excluding hydrogens is 299 g/mol. The summed E-state index contributed by atoms with van der Waals surface area (Å²) in [7, 11) is -4.68. The lowest BCUT2D eigenvalue weighted by Crippen LogP contribution is -2.25. The molecule has 1 aromatic carbocycles. The second kappa shape index (κ2) is 7.33. The first-order valence-corrected chi connectivity index (χ1v) is 9.80. The summed E-state index contributed by atoms with van der Waals surface area (Å²) in [6.07, 6.45) is 0.449. The maximum absolute atomic E-state index is 11.9. The minimum atomic E-state index is -3.49. The lowest BCUT2D eigenvalue weighted by molar-refractivity contribution is 0.306. The summed E-state index contributed by atoms with van der Waals surface area (Å²) in [6.45, 7) is 3.83. The van der Waals surface area contributed by atoms with Crippen LogP contribution in [-0.4, -0.2) is 35.3 Å². The van der Waals surface area contributed by atoms with Crippen molar-refractivity contribution in [3.05, 3.63) is 29.8 Å². The molecule has 1 aromatic rings. The second-order valence-corrected chi connectivity index (χ2v) is 8.63. The van der Waals surface area contributed by atoms with Crippen LogP contribution in [0.1, 0.15) is 12.0 Å². The highest BCUT2D eigenvalue weighted by Gasteiger charge is 2.14. The van der Waals surface area contributed by atoms with Crippen LogP contribution in [0, 0.1) is 6.92 Å². The third kappa shape index (κ3) is 5.73. The largest absolute Gasteiger partial charge is 0.318 e. The van der Waals surface area contributed by atoms with Gasteiger partial charge in [0.2, 0.25) is 10.0 Å². The number of aryl methyl sites for hydroxylation is 1. The quantitative estimate of drug-likeness (QED) is 0.563. The molecule has 8 heteroatoms. The van der Waals surface area contributed by atoms with E-state index in [2.05, 4.69) is 9.81 Å². The first kappa shape index (κ1) is 17.3. The summed E-state index contributed by atoms with van der Waals surface area (Å²) >= 11 is 0. The van der Waals surface area contributed by atoms with E-state index in [1.54, 1.807) is 31.3 Å². The van der Waals surface area contributed by atoms with E-state index < -0.39 is 17.5 Å². The lowest BCUT2D eigenvalue weighted by Gasteiger charge is -2.12. The van der Waals surface area contributed by atoms with E-state index in [0.717, 1.165) is 5.56 Å². The molecule has 1 unspecified atom stereocenters. The number of hydrogen-bond donors (Lipinski definition) is 2. The first-order chi connectivity index (χ1) is 9.27. The van der Waals surface area contributed by atoms with E-state index in [0.29, 0.717) is 6.42 Å². The molecule has 1 atom stereocenters. The molecule has 20 heavy (non-hydrogen) atoms. The van der Waals surface area contributed by atoms with Crippen molar-refractivity contribution >= 4 is 17.5 Å². The normalized spacial score (nSPS) is 14.9. The number of benzene rings is 1. The first-order valence-electron chi connectivity index (χ1n) is 6.24. The van der Waals surface area contributed by atoms with E-state index in [1.807, 2.05) is 6.92 Å². The molecule has 0 aliphatic carbocycles. The Morgan fingerprint density at radius 2 is 1.85 bits per heavy atom. The molecule has 0 spiro atoms. The Bertz CT molecular complexity index is 572. The van der Waals surface area contributed by atoms with Crippen LogP contribution >= 0.6 is 7.52 Å². The average Bonchev–Trinajstić information content (AvgIpc) is 2.38. The van der Waals surface area contributed by atoms with Gasteiger partial charge in [0.05, 0.1) is 11.5 Å². The van der Waals surface area contributed by atoms with Gasteiger partial charge in [0.1, 0.15) is 0 Å². The van der Waals surface area contributed by atoms with Gasteiger partial charge in [-0.25, -0.2) is 18.2 Å². The zero-order valence-corrected chi connectivity index (χ0v) is 13.6. The summed E-state index contributed by atoms with van der Waals surface area (Å²) in [6, 6.07) is 6.63. The Balaban J connectivity index is 2.41. The zero-order chi connectivity index (χ0) is 15.2. The minimum absolute atomic E-state index is 0.227. The molecular formula is C12H21N2O4PS. The maximum Gasteiger partial charge on any atom is 0.266 e. The molecule has 2 N–H and O–H groups in total. The van der Waals surface area contributed by atoms with Crippen molar-refractivity contribution in [2.24, 2.45) is 0 Å². The Hall–Kier alpha value is -0.720. The monoisotopic (exact) mass is 320 g/mol. The van der Waals surface area contributed by atoms with Crippen LogP contribution in [0.4, 0.5) is 0 Å². The zero-order valence-electron chi connectivity index (χ0n) is 11.9. The van der Waals surface area contributed by atoms with Crippen molar-refractivity contribution in [3.8, 4) is 0 Å². The third-order valence-corrected chi connectivity index (χ3v) is 5.65. The van der Waals surface area contributed by atoms with Crippen molar-refractivity contribution in [2.75, 3.05) is 26.9 Å². The topological polar surface area (TPSA) is 84.5 Å². The van der Waals surface area contributed by atoms with Gasteiger partial charge >= 0.3 is 0 Å². The van der Waals surface area contributed by atoms with Gasteiger partial charge in [0, 0.05) is 13.2 Å². The van der Waals surface area contributed by atoms with Crippen LogP contribution in [0.5, 0.6) is 0 Å². The fraction of sp³-hybridized carbons (Fsp3) is 0.500. The standard InChI is InChI=1S/C12H21N2O4PS/c1-11-5-7-12(8-6-11)20(16,17)14-9-4-10-18-19(3,15)13-2/h5-8,14H,4,9-10H2,1-3H3,(H,13,15). The van der Waals surface area contributed by atoms with E-state index in [-0.39, 0.29) is 18.0 Å². The molecule has 6 nitrogen and oxygen atoms in total. The number of hydrogen-bond acceptors (Lipinski definition) is 4. The summed E-state index contributed by atoms with van der Waals surface area (Å²) in [4.78, 5) is 0.236. The van der Waals surface area contributed by atoms with Crippen molar-refractivity contribution in [3.63, 3.8) is 0 Å². The molecule has 0 aliphatic rings. The molecule has 0 fully saturated rings. The highest BCUT2D eigenvalue weighted by Crippen LogP contribution is 2.36. The van der Waals surface area contributed by atoms with Gasteiger partial charge in [0.15, 0.2) is 0 Å². The highest BCUT2D eigenvalue weighted by atomic mass is 32.2. The van der Waals surface area contributed by atoms with Crippen LogP contribution in [0.25, 0.3) is 0 Å². The summed E-state index contributed by atoms with van der Waals surface area (Å²) in [5, 5.41) is 2.57. The second-order valence-electron chi connectivity index (χ2n) is 4.47. The third-order valence-electron chi connectivity index (χ3n) is 2.69. The van der Waals surface area contributed by atoms with Crippen molar-refractivity contribution in [1.29, 1.82) is 0 Å². The van der Waals surface area contributed by atoms with Gasteiger partial charge in [-0.15, -0.1) is 0 Å². The van der Waals surface area contributed by atoms with E-state index >= 15 is 0 Å². The predicted octanol–water partition coefficient (Wildman–Crippen LogP) is 1.72. The van der Waals surface area contributed by atoms with Gasteiger partial charge in [-0.2, -0.15) is 0 Å². The van der Waals surface area contributed by atoms with Crippen molar-refractivity contribution in [2.45, 2.75) is 18.2 Å². The molecule has 0 aromatic heterocycles. The highest BCUT2D eigenvalue weighted by molar-refractivity contribution is 7.89. The Kier molecular flexibility index (Phi) is 6.36. The van der Waals surface area contributed by atoms with Gasteiger partial charge < -0.3 is 4.52 Å². The predicted molar refractivity (Wildman–Crippen MR) is 79.5 cm³/mol. The van der Waals surface area contributed by atoms with Gasteiger partial charge in [0.25, 0.3) is 7.52 Å². The van der Waals surface area contributed by atoms with Crippen molar-refractivity contribution in [1.82, 2.24) is 9.81 Å². The van der Waals surface area contributed by atoms with Gasteiger partial charge in [-0.3, -0.25) is 4.57 Å². The number of rotatable bonds is 8. The fourth-order valence-corrected chi connectivity index (χ4v) is 3.06. The van der Waals surface area contributed by atoms with Crippen LogP contribution in [0.15, 0.2) is 29.2 Å². The molecule has 0 heterocycles. The van der Waals surface area contributed by atoms with E-state index in [4.69, 9.17) is 4.52 Å². The Morgan fingerprint density at radius 1 is 1.25 bits per heavy atom. The smallest absolute Gasteiger partial charge is 0.266 e. The molecule has 114 valence electrons. The molecule has 0 radical (unpaired) electrons. The molecule has 0 saturated heterocycles. The van der Waals surface area contributed by atoms with Crippen LogP contribution in [0.3, 0.4) is 0 Å². The van der Waals surface area contributed by atoms with E-state index in [1.165, 1.54) is 6.66 Å². The van der Waals surface area contributed by atoms with Gasteiger partial charge in [-0.1, -0.05) is 17.7 Å². The van der Waals surface area contributed by atoms with Crippen LogP contribution in [0.2, 0.25) is 0 Å². The molecule has 1 rings (SSSR count). The van der Waals surface area contributed by atoms with E-state index in [9.17, 15) is 13.0 Å². The molecule has 0 bridgehead atoms.